The van der Waals surface area contributed by atoms with E-state index in [9.17, 15) is 0 Å². The average molecular weight is 636 g/mol. The number of hydrogen-bond donors (Lipinski definition) is 0. The summed E-state index contributed by atoms with van der Waals surface area (Å²) < 4.78 is 2.38. The third-order valence-electron chi connectivity index (χ3n) is 10.9. The van der Waals surface area contributed by atoms with E-state index in [0.29, 0.717) is 5.92 Å². The molecule has 49 heavy (non-hydrogen) atoms. The average Bonchev–Trinajstić information content (AvgIpc) is 3.59. The molecule has 7 aromatic rings. The van der Waals surface area contributed by atoms with E-state index in [0.717, 1.165) is 6.54 Å². The van der Waals surface area contributed by atoms with Gasteiger partial charge in [-0.3, -0.25) is 4.90 Å². The molecule has 0 saturated heterocycles. The number of nitrogens with zero attached hydrogens (tertiary/aromatic N) is 3. The second-order valence-electron chi connectivity index (χ2n) is 14.4. The van der Waals surface area contributed by atoms with Gasteiger partial charge < -0.3 is 9.47 Å². The highest BCUT2D eigenvalue weighted by atomic mass is 15.3. The Kier molecular flexibility index (Phi) is 6.81. The quantitative estimate of drug-likeness (QED) is 0.186. The summed E-state index contributed by atoms with van der Waals surface area (Å²) in [5.41, 5.74) is 13.9. The van der Waals surface area contributed by atoms with Crippen LogP contribution in [0, 0.1) is 5.92 Å². The molecule has 1 unspecified atom stereocenters. The van der Waals surface area contributed by atoms with E-state index >= 15 is 0 Å². The third kappa shape index (κ3) is 4.71. The van der Waals surface area contributed by atoms with Crippen LogP contribution in [0.25, 0.3) is 49.7 Å². The fourth-order valence-corrected chi connectivity index (χ4v) is 8.28. The van der Waals surface area contributed by atoms with Crippen LogP contribution in [0.5, 0.6) is 0 Å². The molecule has 1 atom stereocenters. The first-order valence-corrected chi connectivity index (χ1v) is 17.5. The Bertz CT molecular complexity index is 2390. The lowest BCUT2D eigenvalue weighted by atomic mass is 9.82. The molecule has 0 fully saturated rings. The molecule has 0 bridgehead atoms. The molecule has 1 aliphatic heterocycles. The van der Waals surface area contributed by atoms with Gasteiger partial charge in [0.25, 0.3) is 0 Å². The molecule has 240 valence electrons. The predicted octanol–water partition coefficient (Wildman–Crippen LogP) is 11.7. The summed E-state index contributed by atoms with van der Waals surface area (Å²) in [6.07, 6.45) is 3.61. The van der Waals surface area contributed by atoms with E-state index < -0.39 is 0 Å². The molecule has 0 saturated carbocycles. The normalized spacial score (nSPS) is 16.4. The fourth-order valence-electron chi connectivity index (χ4n) is 8.28. The van der Waals surface area contributed by atoms with Gasteiger partial charge in [0, 0.05) is 46.8 Å². The zero-order chi connectivity index (χ0) is 33.3. The third-order valence-corrected chi connectivity index (χ3v) is 10.9. The summed E-state index contributed by atoms with van der Waals surface area (Å²) in [6.45, 7) is 8.10. The maximum absolute atomic E-state index is 2.47. The van der Waals surface area contributed by atoms with Crippen LogP contribution in [0.15, 0.2) is 151 Å². The Labute approximate surface area is 289 Å². The van der Waals surface area contributed by atoms with Crippen LogP contribution in [0.1, 0.15) is 38.3 Å². The van der Waals surface area contributed by atoms with Crippen LogP contribution in [0.4, 0.5) is 11.4 Å². The smallest absolute Gasteiger partial charge is 0.109 e. The van der Waals surface area contributed by atoms with Gasteiger partial charge >= 0.3 is 0 Å². The van der Waals surface area contributed by atoms with Crippen LogP contribution in [-0.2, 0) is 5.41 Å². The second-order valence-corrected chi connectivity index (χ2v) is 14.4. The van der Waals surface area contributed by atoms with E-state index in [4.69, 9.17) is 0 Å². The minimum absolute atomic E-state index is 0.0557. The van der Waals surface area contributed by atoms with Gasteiger partial charge in [-0.05, 0) is 106 Å². The van der Waals surface area contributed by atoms with E-state index in [1.807, 2.05) is 0 Å². The summed E-state index contributed by atoms with van der Waals surface area (Å²) in [6, 6.07) is 51.5. The molecule has 3 nitrogen and oxygen atoms in total. The Morgan fingerprint density at radius 1 is 0.612 bits per heavy atom. The number of aromatic nitrogens is 1. The Balaban J connectivity index is 1.14. The first-order chi connectivity index (χ1) is 23.9. The summed E-state index contributed by atoms with van der Waals surface area (Å²) in [4.78, 5) is 4.88. The van der Waals surface area contributed by atoms with E-state index in [2.05, 4.69) is 188 Å². The minimum atomic E-state index is -0.0557. The van der Waals surface area contributed by atoms with Gasteiger partial charge in [0.2, 0.25) is 0 Å². The second kappa shape index (κ2) is 11.3. The van der Waals surface area contributed by atoms with Crippen molar-refractivity contribution < 1.29 is 0 Å². The van der Waals surface area contributed by atoms with Gasteiger partial charge in [0.15, 0.2) is 0 Å². The van der Waals surface area contributed by atoms with Gasteiger partial charge in [-0.15, -0.1) is 0 Å². The molecule has 2 aliphatic rings. The molecule has 0 radical (unpaired) electrons. The van der Waals surface area contributed by atoms with E-state index in [1.165, 1.54) is 84.5 Å². The predicted molar refractivity (Wildman–Crippen MR) is 207 cm³/mol. The van der Waals surface area contributed by atoms with Crippen LogP contribution in [0.2, 0.25) is 0 Å². The summed E-state index contributed by atoms with van der Waals surface area (Å²) in [5.74, 6) is 1.77. The zero-order valence-corrected chi connectivity index (χ0v) is 28.7. The van der Waals surface area contributed by atoms with Crippen LogP contribution in [0.3, 0.4) is 0 Å². The number of hydrogen-bond acceptors (Lipinski definition) is 2. The van der Waals surface area contributed by atoms with Crippen molar-refractivity contribution in [1.29, 1.82) is 0 Å². The zero-order valence-electron chi connectivity index (χ0n) is 28.7. The van der Waals surface area contributed by atoms with Crippen molar-refractivity contribution in [2.75, 3.05) is 18.5 Å². The molecular weight excluding hydrogens is 595 g/mol. The summed E-state index contributed by atoms with van der Waals surface area (Å²) >= 11 is 0. The maximum atomic E-state index is 2.47. The Morgan fingerprint density at radius 2 is 1.29 bits per heavy atom. The van der Waals surface area contributed by atoms with Gasteiger partial charge in [-0.2, -0.15) is 0 Å². The van der Waals surface area contributed by atoms with E-state index in [-0.39, 0.29) is 5.41 Å². The summed E-state index contributed by atoms with van der Waals surface area (Å²) in [5, 5.41) is 2.54. The number of fused-ring (bicyclic) bond motifs is 6. The number of para-hydroxylation sites is 2. The fraction of sp³-hybridized carbons (Fsp3) is 0.174. The van der Waals surface area contributed by atoms with Crippen molar-refractivity contribution >= 4 is 33.2 Å². The molecule has 0 amide bonds. The lowest BCUT2D eigenvalue weighted by molar-refractivity contribution is 0.350. The summed E-state index contributed by atoms with van der Waals surface area (Å²) in [7, 11) is 2.23. The molecular formula is C46H41N3. The maximum Gasteiger partial charge on any atom is 0.109 e. The first-order valence-electron chi connectivity index (χ1n) is 17.5. The number of allylic oxidation sites excluding steroid dienone is 1. The monoisotopic (exact) mass is 635 g/mol. The minimum Gasteiger partial charge on any atom is -0.361 e. The van der Waals surface area contributed by atoms with Crippen molar-refractivity contribution in [3.63, 3.8) is 0 Å². The highest BCUT2D eigenvalue weighted by Crippen LogP contribution is 2.50. The van der Waals surface area contributed by atoms with Crippen molar-refractivity contribution in [3.05, 3.63) is 163 Å². The number of benzene rings is 6. The highest BCUT2D eigenvalue weighted by molar-refractivity contribution is 6.10. The topological polar surface area (TPSA) is 11.4 Å². The van der Waals surface area contributed by atoms with Crippen LogP contribution < -0.4 is 4.90 Å². The lowest BCUT2D eigenvalue weighted by Crippen LogP contribution is -2.35. The van der Waals surface area contributed by atoms with Crippen molar-refractivity contribution in [2.45, 2.75) is 32.6 Å². The number of rotatable bonds is 5. The number of anilines is 2. The van der Waals surface area contributed by atoms with Crippen LogP contribution >= 0.6 is 0 Å². The molecule has 1 aromatic heterocycles. The molecule has 6 aromatic carbocycles. The van der Waals surface area contributed by atoms with Gasteiger partial charge in [0.1, 0.15) is 5.82 Å². The lowest BCUT2D eigenvalue weighted by Gasteiger charge is -2.38. The molecule has 3 heteroatoms. The van der Waals surface area contributed by atoms with Gasteiger partial charge in [0.05, 0.1) is 11.0 Å². The molecule has 0 N–H and O–H groups in total. The standard InChI is InChI=1S/C46H41N3/c1-31-26-27-47(4)45(28-31)48(36-23-24-38-37-14-8-10-16-41(37)46(2,3)42(38)30-36)35-21-18-32(19-22-35)33-20-25-44-40(29-33)39-15-9-11-17-43(39)49(44)34-12-6-5-7-13-34/h5-25,28-31H,26-27H2,1-4H3. The van der Waals surface area contributed by atoms with Crippen molar-refractivity contribution in [1.82, 2.24) is 9.47 Å². The SMILES string of the molecule is CC1C=C(N(c2ccc(-c3ccc4c(c3)c3ccccc3n4-c3ccccc3)cc2)c2ccc3c(c2)C(C)(C)c2ccccc2-3)N(C)CC1. The molecule has 1 aliphatic carbocycles. The molecule has 2 heterocycles. The largest absolute Gasteiger partial charge is 0.361 e. The van der Waals surface area contributed by atoms with Crippen LogP contribution in [-0.4, -0.2) is 23.1 Å². The molecule has 0 spiro atoms. The molecule has 9 rings (SSSR count). The van der Waals surface area contributed by atoms with E-state index in [1.54, 1.807) is 0 Å². The Hall–Kier alpha value is -5.54. The van der Waals surface area contributed by atoms with Gasteiger partial charge in [-0.1, -0.05) is 106 Å². The first kappa shape index (κ1) is 29.6. The van der Waals surface area contributed by atoms with Crippen molar-refractivity contribution in [3.8, 4) is 27.9 Å². The van der Waals surface area contributed by atoms with Crippen molar-refractivity contribution in [2.24, 2.45) is 5.92 Å². The highest BCUT2D eigenvalue weighted by Gasteiger charge is 2.36. The Morgan fingerprint density at radius 3 is 2.12 bits per heavy atom. The van der Waals surface area contributed by atoms with Gasteiger partial charge in [-0.25, -0.2) is 0 Å².